The fraction of sp³-hybridized carbons (Fsp3) is 0.647. The SMILES string of the molecule is CCCCOP(OCCCC)Oc1ccc(O[Si](C)(C)C)cc1. The van der Waals surface area contributed by atoms with E-state index >= 15 is 0 Å². The first-order valence-corrected chi connectivity index (χ1v) is 13.0. The molecule has 4 nitrogen and oxygen atoms in total. The van der Waals surface area contributed by atoms with E-state index in [0.29, 0.717) is 13.2 Å². The Hall–Kier alpha value is -0.613. The number of benzene rings is 1. The summed E-state index contributed by atoms with van der Waals surface area (Å²) in [6.07, 6.45) is 4.23. The highest BCUT2D eigenvalue weighted by molar-refractivity contribution is 7.42. The Balaban J connectivity index is 2.55. The van der Waals surface area contributed by atoms with E-state index in [0.717, 1.165) is 37.2 Å². The van der Waals surface area contributed by atoms with Crippen LogP contribution in [0.15, 0.2) is 24.3 Å². The monoisotopic (exact) mass is 358 g/mol. The lowest BCUT2D eigenvalue weighted by Gasteiger charge is -2.20. The minimum absolute atomic E-state index is 0.672. The normalized spacial score (nSPS) is 11.7. The summed E-state index contributed by atoms with van der Waals surface area (Å²) in [5.74, 6) is 1.65. The van der Waals surface area contributed by atoms with E-state index in [9.17, 15) is 0 Å². The van der Waals surface area contributed by atoms with E-state index in [1.54, 1.807) is 0 Å². The topological polar surface area (TPSA) is 36.9 Å². The molecule has 23 heavy (non-hydrogen) atoms. The maximum atomic E-state index is 5.95. The van der Waals surface area contributed by atoms with E-state index in [4.69, 9.17) is 18.0 Å². The third kappa shape index (κ3) is 9.98. The molecule has 0 amide bonds. The molecule has 0 atom stereocenters. The van der Waals surface area contributed by atoms with Crippen LogP contribution in [0.5, 0.6) is 11.5 Å². The van der Waals surface area contributed by atoms with Crippen LogP contribution in [0.25, 0.3) is 0 Å². The van der Waals surface area contributed by atoms with Gasteiger partial charge >= 0.3 is 8.60 Å². The van der Waals surface area contributed by atoms with Crippen LogP contribution in [0.2, 0.25) is 19.6 Å². The molecule has 0 unspecified atom stereocenters. The molecule has 1 aromatic rings. The van der Waals surface area contributed by atoms with Crippen LogP contribution in [-0.4, -0.2) is 21.5 Å². The number of unbranched alkanes of at least 4 members (excludes halogenated alkanes) is 2. The van der Waals surface area contributed by atoms with Gasteiger partial charge in [0, 0.05) is 0 Å². The first-order valence-electron chi connectivity index (χ1n) is 8.47. The predicted molar refractivity (Wildman–Crippen MR) is 99.7 cm³/mol. The standard InChI is InChI=1S/C17H31O4PSi/c1-6-8-14-18-22(19-15-9-7-2)20-16-10-12-17(13-11-16)21-23(3,4)5/h10-13H,6-9,14-15H2,1-5H3. The van der Waals surface area contributed by atoms with Gasteiger partial charge in [-0.3, -0.25) is 0 Å². The molecule has 0 aliphatic rings. The highest BCUT2D eigenvalue weighted by Gasteiger charge is 2.17. The van der Waals surface area contributed by atoms with Crippen molar-refractivity contribution in [2.24, 2.45) is 0 Å². The van der Waals surface area contributed by atoms with Crippen molar-refractivity contribution in [1.29, 1.82) is 0 Å². The fourth-order valence-corrected chi connectivity index (χ4v) is 3.54. The van der Waals surface area contributed by atoms with Crippen LogP contribution in [-0.2, 0) is 9.05 Å². The molecule has 6 heteroatoms. The molecule has 0 saturated carbocycles. The molecular weight excluding hydrogens is 327 g/mol. The molecule has 0 saturated heterocycles. The zero-order valence-corrected chi connectivity index (χ0v) is 17.0. The summed E-state index contributed by atoms with van der Waals surface area (Å²) in [6.45, 7) is 12.1. The Bertz CT molecular complexity index is 410. The van der Waals surface area contributed by atoms with Crippen molar-refractivity contribution in [3.05, 3.63) is 24.3 Å². The molecular formula is C17H31O4PSi. The van der Waals surface area contributed by atoms with E-state index in [-0.39, 0.29) is 0 Å². The van der Waals surface area contributed by atoms with Gasteiger partial charge in [-0.25, -0.2) is 0 Å². The van der Waals surface area contributed by atoms with Gasteiger partial charge in [-0.15, -0.1) is 0 Å². The van der Waals surface area contributed by atoms with Gasteiger partial charge in [0.15, 0.2) is 0 Å². The van der Waals surface area contributed by atoms with Crippen LogP contribution < -0.4 is 8.95 Å². The van der Waals surface area contributed by atoms with E-state index in [1.807, 2.05) is 24.3 Å². The van der Waals surface area contributed by atoms with Crippen molar-refractivity contribution in [3.8, 4) is 11.5 Å². The number of rotatable bonds is 12. The average Bonchev–Trinajstić information content (AvgIpc) is 2.48. The van der Waals surface area contributed by atoms with Crippen LogP contribution in [0.3, 0.4) is 0 Å². The zero-order valence-electron chi connectivity index (χ0n) is 15.1. The van der Waals surface area contributed by atoms with Gasteiger partial charge in [-0.05, 0) is 56.7 Å². The number of hydrogen-bond acceptors (Lipinski definition) is 4. The highest BCUT2D eigenvalue weighted by atomic mass is 31.2. The Morgan fingerprint density at radius 2 is 1.30 bits per heavy atom. The van der Waals surface area contributed by atoms with Gasteiger partial charge in [0.05, 0.1) is 13.2 Å². The molecule has 0 radical (unpaired) electrons. The summed E-state index contributed by atoms with van der Waals surface area (Å²) in [7, 11) is -2.91. The van der Waals surface area contributed by atoms with Crippen LogP contribution >= 0.6 is 8.60 Å². The second-order valence-electron chi connectivity index (χ2n) is 6.37. The van der Waals surface area contributed by atoms with Gasteiger partial charge in [0.2, 0.25) is 8.32 Å². The van der Waals surface area contributed by atoms with Crippen molar-refractivity contribution >= 4 is 16.9 Å². The molecule has 0 heterocycles. The molecule has 1 aromatic carbocycles. The average molecular weight is 358 g/mol. The van der Waals surface area contributed by atoms with E-state index in [2.05, 4.69) is 33.5 Å². The largest absolute Gasteiger partial charge is 0.544 e. The second-order valence-corrected chi connectivity index (χ2v) is 11.9. The van der Waals surface area contributed by atoms with Crippen molar-refractivity contribution in [3.63, 3.8) is 0 Å². The van der Waals surface area contributed by atoms with Gasteiger partial charge < -0.3 is 18.0 Å². The van der Waals surface area contributed by atoms with Gasteiger partial charge in [0.1, 0.15) is 11.5 Å². The molecule has 0 aromatic heterocycles. The second kappa shape index (κ2) is 11.0. The molecule has 1 rings (SSSR count). The maximum absolute atomic E-state index is 5.95. The third-order valence-corrected chi connectivity index (χ3v) is 4.81. The first-order chi connectivity index (χ1) is 10.9. The Morgan fingerprint density at radius 1 is 0.826 bits per heavy atom. The van der Waals surface area contributed by atoms with Gasteiger partial charge in [-0.2, -0.15) is 0 Å². The van der Waals surface area contributed by atoms with Crippen molar-refractivity contribution in [1.82, 2.24) is 0 Å². The minimum Gasteiger partial charge on any atom is -0.544 e. The Labute approximate surface area is 143 Å². The fourth-order valence-electron chi connectivity index (χ4n) is 1.66. The molecule has 0 spiro atoms. The lowest BCUT2D eigenvalue weighted by molar-refractivity contribution is 0.201. The Morgan fingerprint density at radius 3 is 1.74 bits per heavy atom. The summed E-state index contributed by atoms with van der Waals surface area (Å²) in [5.41, 5.74) is 0. The number of hydrogen-bond donors (Lipinski definition) is 0. The van der Waals surface area contributed by atoms with E-state index < -0.39 is 16.9 Å². The quantitative estimate of drug-likeness (QED) is 0.255. The Kier molecular flexibility index (Phi) is 9.80. The lowest BCUT2D eigenvalue weighted by atomic mass is 10.3. The molecule has 132 valence electrons. The first kappa shape index (κ1) is 20.4. The van der Waals surface area contributed by atoms with Crippen molar-refractivity contribution in [2.45, 2.75) is 59.2 Å². The summed E-state index contributed by atoms with van der Waals surface area (Å²) in [4.78, 5) is 0. The van der Waals surface area contributed by atoms with Crippen molar-refractivity contribution in [2.75, 3.05) is 13.2 Å². The van der Waals surface area contributed by atoms with E-state index in [1.165, 1.54) is 0 Å². The molecule has 0 aliphatic heterocycles. The van der Waals surface area contributed by atoms with Crippen LogP contribution in [0.1, 0.15) is 39.5 Å². The van der Waals surface area contributed by atoms with Crippen LogP contribution in [0, 0.1) is 0 Å². The lowest BCUT2D eigenvalue weighted by Crippen LogP contribution is -2.29. The zero-order chi connectivity index (χ0) is 17.1. The smallest absolute Gasteiger partial charge is 0.397 e. The molecule has 0 bridgehead atoms. The van der Waals surface area contributed by atoms with Crippen molar-refractivity contribution < 1.29 is 18.0 Å². The minimum atomic E-state index is -1.58. The predicted octanol–water partition coefficient (Wildman–Crippen LogP) is 6.14. The summed E-state index contributed by atoms with van der Waals surface area (Å²) in [6, 6.07) is 7.71. The summed E-state index contributed by atoms with van der Waals surface area (Å²) in [5, 5.41) is 0. The van der Waals surface area contributed by atoms with Gasteiger partial charge in [-0.1, -0.05) is 26.7 Å². The highest BCUT2D eigenvalue weighted by Crippen LogP contribution is 2.41. The molecule has 0 N–H and O–H groups in total. The van der Waals surface area contributed by atoms with Crippen LogP contribution in [0.4, 0.5) is 0 Å². The maximum Gasteiger partial charge on any atom is 0.397 e. The molecule has 0 aliphatic carbocycles. The molecule has 0 fully saturated rings. The summed E-state index contributed by atoms with van der Waals surface area (Å²) < 4.78 is 23.3. The summed E-state index contributed by atoms with van der Waals surface area (Å²) >= 11 is 0. The third-order valence-electron chi connectivity index (χ3n) is 2.82. The van der Waals surface area contributed by atoms with Gasteiger partial charge in [0.25, 0.3) is 0 Å².